The first-order valence-electron chi connectivity index (χ1n) is 7.95. The van der Waals surface area contributed by atoms with Crippen LogP contribution in [0, 0.1) is 0 Å². The van der Waals surface area contributed by atoms with Crippen LogP contribution >= 0.6 is 0 Å². The third kappa shape index (κ3) is 5.91. The number of carbonyl (C=O) groups is 1. The molecule has 19 heavy (non-hydrogen) atoms. The molecule has 0 aromatic carbocycles. The lowest BCUT2D eigenvalue weighted by molar-refractivity contribution is -0.127. The Hall–Kier alpha value is -0.610. The van der Waals surface area contributed by atoms with Gasteiger partial charge in [-0.25, -0.2) is 0 Å². The first kappa shape index (κ1) is 16.4. The summed E-state index contributed by atoms with van der Waals surface area (Å²) in [5.74, 6) is 0.351. The van der Waals surface area contributed by atoms with Crippen molar-refractivity contribution in [3.8, 4) is 0 Å². The molecule has 0 spiro atoms. The summed E-state index contributed by atoms with van der Waals surface area (Å²) in [4.78, 5) is 15.8. The van der Waals surface area contributed by atoms with E-state index in [1.165, 1.54) is 25.9 Å². The summed E-state index contributed by atoms with van der Waals surface area (Å²) in [6.07, 6.45) is 5.44. The molecule has 2 rings (SSSR count). The SMILES string of the molecule is CC.CN1CCC(NCCCN2CCCC2=O)CC1. The Labute approximate surface area is 118 Å². The quantitative estimate of drug-likeness (QED) is 0.772. The first-order chi connectivity index (χ1) is 9.25. The molecule has 2 saturated heterocycles. The van der Waals surface area contributed by atoms with Gasteiger partial charge in [0.05, 0.1) is 0 Å². The first-order valence-corrected chi connectivity index (χ1v) is 7.95. The summed E-state index contributed by atoms with van der Waals surface area (Å²) >= 11 is 0. The molecule has 4 heteroatoms. The molecule has 112 valence electrons. The molecule has 0 aromatic heterocycles. The maximum absolute atomic E-state index is 11.4. The molecule has 1 amide bonds. The molecule has 4 nitrogen and oxygen atoms in total. The highest BCUT2D eigenvalue weighted by molar-refractivity contribution is 5.77. The fourth-order valence-corrected chi connectivity index (χ4v) is 2.73. The van der Waals surface area contributed by atoms with E-state index < -0.39 is 0 Å². The zero-order chi connectivity index (χ0) is 14.1. The molecular formula is C15H31N3O. The molecule has 0 aliphatic carbocycles. The summed E-state index contributed by atoms with van der Waals surface area (Å²) < 4.78 is 0. The van der Waals surface area contributed by atoms with Crippen molar-refractivity contribution in [1.29, 1.82) is 0 Å². The van der Waals surface area contributed by atoms with Gasteiger partial charge in [0, 0.05) is 25.6 Å². The van der Waals surface area contributed by atoms with Gasteiger partial charge in [-0.2, -0.15) is 0 Å². The Morgan fingerprint density at radius 2 is 1.89 bits per heavy atom. The van der Waals surface area contributed by atoms with Crippen LogP contribution in [0.15, 0.2) is 0 Å². The number of rotatable bonds is 5. The molecule has 0 saturated carbocycles. The normalized spacial score (nSPS) is 21.4. The molecule has 2 heterocycles. The van der Waals surface area contributed by atoms with Gasteiger partial charge in [-0.15, -0.1) is 0 Å². The summed E-state index contributed by atoms with van der Waals surface area (Å²) in [6, 6.07) is 0.695. The van der Waals surface area contributed by atoms with E-state index in [1.54, 1.807) is 0 Å². The Balaban J connectivity index is 0.000000861. The molecule has 0 bridgehead atoms. The van der Waals surface area contributed by atoms with Gasteiger partial charge in [-0.1, -0.05) is 13.8 Å². The van der Waals surface area contributed by atoms with Crippen molar-refractivity contribution in [2.45, 2.75) is 52.0 Å². The highest BCUT2D eigenvalue weighted by Gasteiger charge is 2.19. The molecule has 2 fully saturated rings. The van der Waals surface area contributed by atoms with Crippen molar-refractivity contribution >= 4 is 5.91 Å². The zero-order valence-electron chi connectivity index (χ0n) is 13.0. The Kier molecular flexibility index (Phi) is 8.07. The van der Waals surface area contributed by atoms with E-state index in [2.05, 4.69) is 17.3 Å². The van der Waals surface area contributed by atoms with E-state index in [1.807, 2.05) is 18.7 Å². The number of hydrogen-bond donors (Lipinski definition) is 1. The highest BCUT2D eigenvalue weighted by atomic mass is 16.2. The van der Waals surface area contributed by atoms with E-state index in [0.717, 1.165) is 38.9 Å². The van der Waals surface area contributed by atoms with Gasteiger partial charge >= 0.3 is 0 Å². The van der Waals surface area contributed by atoms with Crippen LogP contribution in [0.1, 0.15) is 46.0 Å². The van der Waals surface area contributed by atoms with Crippen molar-refractivity contribution in [1.82, 2.24) is 15.1 Å². The van der Waals surface area contributed by atoms with Crippen molar-refractivity contribution in [3.63, 3.8) is 0 Å². The van der Waals surface area contributed by atoms with Gasteiger partial charge in [-0.05, 0) is 52.4 Å². The summed E-state index contributed by atoms with van der Waals surface area (Å²) in [7, 11) is 2.19. The van der Waals surface area contributed by atoms with Crippen molar-refractivity contribution in [2.75, 3.05) is 39.8 Å². The van der Waals surface area contributed by atoms with Crippen LogP contribution in [-0.2, 0) is 4.79 Å². The van der Waals surface area contributed by atoms with Gasteiger partial charge < -0.3 is 15.1 Å². The van der Waals surface area contributed by atoms with Gasteiger partial charge in [0.2, 0.25) is 5.91 Å². The summed E-state index contributed by atoms with van der Waals surface area (Å²) in [5.41, 5.74) is 0. The Morgan fingerprint density at radius 1 is 1.21 bits per heavy atom. The van der Waals surface area contributed by atoms with Crippen LogP contribution in [0.3, 0.4) is 0 Å². The van der Waals surface area contributed by atoms with Gasteiger partial charge in [0.1, 0.15) is 0 Å². The van der Waals surface area contributed by atoms with E-state index in [9.17, 15) is 4.79 Å². The van der Waals surface area contributed by atoms with Gasteiger partial charge in [0.25, 0.3) is 0 Å². The van der Waals surface area contributed by atoms with Crippen LogP contribution < -0.4 is 5.32 Å². The number of amides is 1. The highest BCUT2D eigenvalue weighted by Crippen LogP contribution is 2.10. The number of nitrogens with one attached hydrogen (secondary N) is 1. The van der Waals surface area contributed by atoms with Crippen molar-refractivity contribution in [3.05, 3.63) is 0 Å². The maximum Gasteiger partial charge on any atom is 0.222 e. The molecular weight excluding hydrogens is 238 g/mol. The standard InChI is InChI=1S/C13H25N3O.C2H6/c1-15-10-5-12(6-11-15)14-7-3-9-16-8-2-4-13(16)17;1-2/h12,14H,2-11H2,1H3;1-2H3. The second-order valence-electron chi connectivity index (χ2n) is 5.37. The second kappa shape index (κ2) is 9.32. The van der Waals surface area contributed by atoms with E-state index in [-0.39, 0.29) is 0 Å². The minimum atomic E-state index is 0.351. The number of nitrogens with zero attached hydrogens (tertiary/aromatic N) is 2. The molecule has 0 radical (unpaired) electrons. The van der Waals surface area contributed by atoms with E-state index in [0.29, 0.717) is 11.9 Å². The van der Waals surface area contributed by atoms with Crippen LogP contribution in [0.25, 0.3) is 0 Å². The minimum Gasteiger partial charge on any atom is -0.343 e. The summed E-state index contributed by atoms with van der Waals surface area (Å²) in [6.45, 7) is 9.40. The monoisotopic (exact) mass is 269 g/mol. The molecule has 0 unspecified atom stereocenters. The number of likely N-dealkylation sites (tertiary alicyclic amines) is 2. The van der Waals surface area contributed by atoms with Crippen molar-refractivity contribution in [2.24, 2.45) is 0 Å². The van der Waals surface area contributed by atoms with Crippen LogP contribution in [0.2, 0.25) is 0 Å². The minimum absolute atomic E-state index is 0.351. The van der Waals surface area contributed by atoms with Crippen LogP contribution in [-0.4, -0.2) is 61.5 Å². The molecule has 2 aliphatic heterocycles. The van der Waals surface area contributed by atoms with Gasteiger partial charge in [0.15, 0.2) is 0 Å². The number of carbonyl (C=O) groups excluding carboxylic acids is 1. The second-order valence-corrected chi connectivity index (χ2v) is 5.37. The lowest BCUT2D eigenvalue weighted by atomic mass is 10.1. The third-order valence-corrected chi connectivity index (χ3v) is 3.93. The number of hydrogen-bond acceptors (Lipinski definition) is 3. The fraction of sp³-hybridized carbons (Fsp3) is 0.933. The average molecular weight is 269 g/mol. The smallest absolute Gasteiger partial charge is 0.222 e. The van der Waals surface area contributed by atoms with Crippen LogP contribution in [0.4, 0.5) is 0 Å². The summed E-state index contributed by atoms with van der Waals surface area (Å²) in [5, 5.41) is 3.62. The fourth-order valence-electron chi connectivity index (χ4n) is 2.73. The zero-order valence-corrected chi connectivity index (χ0v) is 13.0. The van der Waals surface area contributed by atoms with E-state index >= 15 is 0 Å². The van der Waals surface area contributed by atoms with Crippen LogP contribution in [0.5, 0.6) is 0 Å². The molecule has 1 N–H and O–H groups in total. The van der Waals surface area contributed by atoms with Crippen molar-refractivity contribution < 1.29 is 4.79 Å². The molecule has 2 aliphatic rings. The molecule has 0 atom stereocenters. The predicted octanol–water partition coefficient (Wildman–Crippen LogP) is 1.71. The average Bonchev–Trinajstić information content (AvgIpc) is 2.85. The predicted molar refractivity (Wildman–Crippen MR) is 80.3 cm³/mol. The number of piperidine rings is 1. The molecule has 0 aromatic rings. The van der Waals surface area contributed by atoms with E-state index in [4.69, 9.17) is 0 Å². The lowest BCUT2D eigenvalue weighted by Gasteiger charge is -2.29. The lowest BCUT2D eigenvalue weighted by Crippen LogP contribution is -2.41. The Bertz CT molecular complexity index is 250. The Morgan fingerprint density at radius 3 is 2.47 bits per heavy atom. The maximum atomic E-state index is 11.4. The topological polar surface area (TPSA) is 35.6 Å². The van der Waals surface area contributed by atoms with Gasteiger partial charge in [-0.3, -0.25) is 4.79 Å². The largest absolute Gasteiger partial charge is 0.343 e. The third-order valence-electron chi connectivity index (χ3n) is 3.93.